The molecule has 214 valence electrons. The van der Waals surface area contributed by atoms with Gasteiger partial charge in [0.1, 0.15) is 12.4 Å². The minimum Gasteiger partial charge on any atom is -0.491 e. The van der Waals surface area contributed by atoms with E-state index in [-0.39, 0.29) is 11.8 Å². The van der Waals surface area contributed by atoms with E-state index < -0.39 is 15.9 Å². The van der Waals surface area contributed by atoms with Gasteiger partial charge in [-0.15, -0.1) is 0 Å². The zero-order valence-electron chi connectivity index (χ0n) is 23.6. The highest BCUT2D eigenvalue weighted by Gasteiger charge is 2.32. The molecule has 1 saturated carbocycles. The zero-order valence-corrected chi connectivity index (χ0v) is 24.4. The van der Waals surface area contributed by atoms with Crippen molar-refractivity contribution in [2.24, 2.45) is 0 Å². The van der Waals surface area contributed by atoms with E-state index >= 15 is 0 Å². The fourth-order valence-electron chi connectivity index (χ4n) is 6.72. The van der Waals surface area contributed by atoms with Crippen LogP contribution in [-0.2, 0) is 16.6 Å². The first-order valence-corrected chi connectivity index (χ1v) is 16.3. The number of amides is 1. The van der Waals surface area contributed by atoms with Gasteiger partial charge in [0, 0.05) is 35.1 Å². The van der Waals surface area contributed by atoms with Crippen LogP contribution in [0.15, 0.2) is 42.5 Å². The molecule has 0 saturated heterocycles. The van der Waals surface area contributed by atoms with E-state index in [0.717, 1.165) is 61.1 Å². The second-order valence-electron chi connectivity index (χ2n) is 11.8. The van der Waals surface area contributed by atoms with Crippen molar-refractivity contribution in [3.8, 4) is 17.0 Å². The number of carbonyl (C=O) groups excluding carboxylic acids is 1. The number of hydrogen-bond acceptors (Lipinski definition) is 6. The van der Waals surface area contributed by atoms with Crippen molar-refractivity contribution in [3.63, 3.8) is 0 Å². The van der Waals surface area contributed by atoms with Gasteiger partial charge >= 0.3 is 0 Å². The van der Waals surface area contributed by atoms with Crippen LogP contribution in [0.4, 0.5) is 0 Å². The highest BCUT2D eigenvalue weighted by Crippen LogP contribution is 2.47. The maximum atomic E-state index is 13.3. The Morgan fingerprint density at radius 1 is 0.950 bits per heavy atom. The number of carbonyl (C=O) groups is 1. The Morgan fingerprint density at radius 2 is 1.75 bits per heavy atom. The van der Waals surface area contributed by atoms with Crippen LogP contribution in [0.5, 0.6) is 5.75 Å². The number of sulfonamides is 1. The van der Waals surface area contributed by atoms with Gasteiger partial charge in [0.15, 0.2) is 0 Å². The summed E-state index contributed by atoms with van der Waals surface area (Å²) in [4.78, 5) is 17.6. The lowest BCUT2D eigenvalue weighted by Gasteiger charge is -2.33. The maximum Gasteiger partial charge on any atom is 0.264 e. The molecule has 0 radical (unpaired) electrons. The fourth-order valence-corrected chi connectivity index (χ4v) is 7.77. The highest BCUT2D eigenvalue weighted by molar-refractivity contribution is 7.90. The quantitative estimate of drug-likeness (QED) is 0.471. The van der Waals surface area contributed by atoms with Gasteiger partial charge in [0.25, 0.3) is 5.91 Å². The Kier molecular flexibility index (Phi) is 7.63. The molecule has 40 heavy (non-hydrogen) atoms. The van der Waals surface area contributed by atoms with Crippen molar-refractivity contribution >= 4 is 26.8 Å². The molecule has 8 nitrogen and oxygen atoms in total. The molecule has 4 bridgehead atoms. The maximum absolute atomic E-state index is 13.3. The van der Waals surface area contributed by atoms with Gasteiger partial charge in [0.05, 0.1) is 17.5 Å². The van der Waals surface area contributed by atoms with Crippen LogP contribution < -0.4 is 9.46 Å². The lowest BCUT2D eigenvalue weighted by Crippen LogP contribution is -2.42. The van der Waals surface area contributed by atoms with Gasteiger partial charge in [-0.1, -0.05) is 37.5 Å². The van der Waals surface area contributed by atoms with E-state index in [2.05, 4.69) is 39.4 Å². The third kappa shape index (κ3) is 5.39. The molecular weight excluding hydrogens is 524 g/mol. The SMILES string of the molecule is CN1CCCN(C)C2COc3ccccc3-c3c(C4CCCCC4)c4ccc(cc4n3C2)C(=O)NS(=O)(=O)CC1. The molecule has 1 N–H and O–H groups in total. The zero-order chi connectivity index (χ0) is 27.9. The van der Waals surface area contributed by atoms with Crippen LogP contribution >= 0.6 is 0 Å². The van der Waals surface area contributed by atoms with Gasteiger partial charge in [-0.25, -0.2) is 13.1 Å². The summed E-state index contributed by atoms with van der Waals surface area (Å²) in [6.07, 6.45) is 6.90. The summed E-state index contributed by atoms with van der Waals surface area (Å²) in [6.45, 7) is 3.31. The average Bonchev–Trinajstić information content (AvgIpc) is 3.25. The molecule has 1 unspecified atom stereocenters. The topological polar surface area (TPSA) is 83.9 Å². The molecular formula is C31H40N4O4S. The largest absolute Gasteiger partial charge is 0.491 e. The van der Waals surface area contributed by atoms with Crippen LogP contribution in [0.25, 0.3) is 22.2 Å². The van der Waals surface area contributed by atoms with Gasteiger partial charge < -0.3 is 14.2 Å². The Hall–Kier alpha value is -2.88. The van der Waals surface area contributed by atoms with Crippen molar-refractivity contribution in [2.75, 3.05) is 46.1 Å². The molecule has 3 aromatic rings. The smallest absolute Gasteiger partial charge is 0.264 e. The summed E-state index contributed by atoms with van der Waals surface area (Å²) in [5.74, 6) is 0.628. The number of fused-ring (bicyclic) bond motifs is 4. The molecule has 3 heterocycles. The minimum absolute atomic E-state index is 0.118. The van der Waals surface area contributed by atoms with E-state index in [4.69, 9.17) is 4.74 Å². The van der Waals surface area contributed by atoms with Crippen LogP contribution in [0.3, 0.4) is 0 Å². The summed E-state index contributed by atoms with van der Waals surface area (Å²) in [7, 11) is 0.322. The Bertz CT molecular complexity index is 1510. The number of nitrogens with zero attached hydrogens (tertiary/aromatic N) is 3. The predicted octanol–water partition coefficient (Wildman–Crippen LogP) is 4.44. The molecule has 1 aromatic heterocycles. The monoisotopic (exact) mass is 564 g/mol. The molecule has 0 spiro atoms. The normalized spacial score (nSPS) is 23.4. The second kappa shape index (κ2) is 11.2. The Balaban J connectivity index is 1.57. The van der Waals surface area contributed by atoms with E-state index in [1.807, 2.05) is 30.1 Å². The van der Waals surface area contributed by atoms with Crippen LogP contribution in [0.2, 0.25) is 0 Å². The van der Waals surface area contributed by atoms with Crippen molar-refractivity contribution < 1.29 is 17.9 Å². The van der Waals surface area contributed by atoms with E-state index in [1.54, 1.807) is 6.07 Å². The number of ether oxygens (including phenoxy) is 1. The van der Waals surface area contributed by atoms with E-state index in [9.17, 15) is 13.2 Å². The fraction of sp³-hybridized carbons (Fsp3) is 0.516. The molecule has 2 aliphatic heterocycles. The summed E-state index contributed by atoms with van der Waals surface area (Å²) in [5.41, 5.74) is 4.96. The highest BCUT2D eigenvalue weighted by atomic mass is 32.2. The van der Waals surface area contributed by atoms with Crippen LogP contribution in [-0.4, -0.2) is 80.8 Å². The Morgan fingerprint density at radius 3 is 2.58 bits per heavy atom. The predicted molar refractivity (Wildman–Crippen MR) is 158 cm³/mol. The third-order valence-electron chi connectivity index (χ3n) is 9.01. The minimum atomic E-state index is -3.76. The van der Waals surface area contributed by atoms with Gasteiger partial charge in [-0.2, -0.15) is 0 Å². The standard InChI is InChI=1S/C31H40N4O4S/c1-33-15-8-16-34(2)24-20-35-27-19-23(31(36)32-40(37,38)18-17-33)13-14-25(27)29(22-9-4-3-5-10-22)30(35)26-11-6-7-12-28(26)39-21-24/h6-7,11-14,19,22,24H,3-5,8-10,15-18,20-21H2,1-2H3,(H,32,36). The lowest BCUT2D eigenvalue weighted by molar-refractivity contribution is 0.0981. The van der Waals surface area contributed by atoms with Crippen LogP contribution in [0.1, 0.15) is 60.4 Å². The summed E-state index contributed by atoms with van der Waals surface area (Å²) >= 11 is 0. The van der Waals surface area contributed by atoms with Crippen LogP contribution in [0, 0.1) is 0 Å². The number of benzene rings is 2. The van der Waals surface area contributed by atoms with Gasteiger partial charge in [-0.05, 0) is 82.2 Å². The molecule has 1 atom stereocenters. The number of rotatable bonds is 1. The number of nitrogens with one attached hydrogen (secondary N) is 1. The number of para-hydroxylation sites is 1. The van der Waals surface area contributed by atoms with Gasteiger partial charge in [-0.3, -0.25) is 9.69 Å². The molecule has 3 aliphatic rings. The van der Waals surface area contributed by atoms with E-state index in [1.165, 1.54) is 30.5 Å². The Labute approximate surface area is 237 Å². The first kappa shape index (κ1) is 27.3. The van der Waals surface area contributed by atoms with Crippen molar-refractivity contribution in [1.82, 2.24) is 19.1 Å². The van der Waals surface area contributed by atoms with Crippen molar-refractivity contribution in [2.45, 2.75) is 57.0 Å². The molecule has 6 rings (SSSR count). The summed E-state index contributed by atoms with van der Waals surface area (Å²) in [6, 6.07) is 14.2. The summed E-state index contributed by atoms with van der Waals surface area (Å²) in [5, 5.41) is 1.15. The number of likely N-dealkylation sites (N-methyl/N-ethyl adjacent to an activating group) is 1. The molecule has 1 amide bonds. The molecule has 1 aliphatic carbocycles. The average molecular weight is 565 g/mol. The number of hydrogen-bond donors (Lipinski definition) is 1. The molecule has 9 heteroatoms. The molecule has 1 fully saturated rings. The van der Waals surface area contributed by atoms with Gasteiger partial charge in [0.2, 0.25) is 10.0 Å². The lowest BCUT2D eigenvalue weighted by atomic mass is 9.81. The first-order chi connectivity index (χ1) is 19.3. The summed E-state index contributed by atoms with van der Waals surface area (Å²) < 4.78 is 36.8. The molecule has 2 aromatic carbocycles. The van der Waals surface area contributed by atoms with E-state index in [0.29, 0.717) is 24.6 Å². The number of aromatic nitrogens is 1. The second-order valence-corrected chi connectivity index (χ2v) is 13.6. The first-order valence-electron chi connectivity index (χ1n) is 14.6. The van der Waals surface area contributed by atoms with Crippen molar-refractivity contribution in [1.29, 1.82) is 0 Å². The third-order valence-corrected chi connectivity index (χ3v) is 10.2. The van der Waals surface area contributed by atoms with Crippen molar-refractivity contribution in [3.05, 3.63) is 53.6 Å².